The van der Waals surface area contributed by atoms with E-state index in [4.69, 9.17) is 4.52 Å². The SMILES string of the molecule is c1nc(C2CC2)cc(N2CC3CN(Cc4ccon4)CC3C2)n1. The lowest BCUT2D eigenvalue weighted by Gasteiger charge is -2.21. The van der Waals surface area contributed by atoms with Crippen molar-refractivity contribution < 1.29 is 4.52 Å². The first-order valence-electron chi connectivity index (χ1n) is 8.53. The van der Waals surface area contributed by atoms with E-state index in [-0.39, 0.29) is 0 Å². The molecule has 5 rings (SSSR count). The van der Waals surface area contributed by atoms with Crippen molar-refractivity contribution in [3.63, 3.8) is 0 Å². The van der Waals surface area contributed by atoms with Gasteiger partial charge >= 0.3 is 0 Å². The van der Waals surface area contributed by atoms with Crippen LogP contribution in [0.3, 0.4) is 0 Å². The molecular formula is C17H21N5O. The second kappa shape index (κ2) is 5.30. The number of hydrogen-bond acceptors (Lipinski definition) is 6. The fourth-order valence-electron chi connectivity index (χ4n) is 4.09. The van der Waals surface area contributed by atoms with Crippen LogP contribution in [0.5, 0.6) is 0 Å². The van der Waals surface area contributed by atoms with Crippen molar-refractivity contribution in [2.75, 3.05) is 31.1 Å². The summed E-state index contributed by atoms with van der Waals surface area (Å²) in [6, 6.07) is 4.17. The molecule has 120 valence electrons. The van der Waals surface area contributed by atoms with Crippen molar-refractivity contribution in [2.45, 2.75) is 25.3 Å². The molecule has 2 saturated heterocycles. The molecule has 2 aliphatic heterocycles. The Morgan fingerprint density at radius 1 is 1.09 bits per heavy atom. The normalized spacial score (nSPS) is 27.6. The summed E-state index contributed by atoms with van der Waals surface area (Å²) in [6.07, 6.45) is 5.98. The number of aromatic nitrogens is 3. The van der Waals surface area contributed by atoms with Gasteiger partial charge in [0, 0.05) is 56.5 Å². The molecule has 1 aliphatic carbocycles. The summed E-state index contributed by atoms with van der Waals surface area (Å²) in [5, 5.41) is 4.02. The zero-order valence-corrected chi connectivity index (χ0v) is 13.1. The molecule has 6 nitrogen and oxygen atoms in total. The van der Waals surface area contributed by atoms with Crippen molar-refractivity contribution in [1.29, 1.82) is 0 Å². The lowest BCUT2D eigenvalue weighted by Crippen LogP contribution is -2.29. The van der Waals surface area contributed by atoms with Crippen LogP contribution in [-0.4, -0.2) is 46.2 Å². The molecule has 0 aromatic carbocycles. The van der Waals surface area contributed by atoms with Gasteiger partial charge in [-0.1, -0.05) is 5.16 Å². The van der Waals surface area contributed by atoms with Gasteiger partial charge in [0.15, 0.2) is 0 Å². The fraction of sp³-hybridized carbons (Fsp3) is 0.588. The van der Waals surface area contributed by atoms with Gasteiger partial charge in [0.05, 0.1) is 5.69 Å². The molecule has 23 heavy (non-hydrogen) atoms. The van der Waals surface area contributed by atoms with E-state index in [0.717, 1.165) is 56.1 Å². The van der Waals surface area contributed by atoms with Gasteiger partial charge in [0.1, 0.15) is 18.4 Å². The zero-order valence-electron chi connectivity index (χ0n) is 13.1. The lowest BCUT2D eigenvalue weighted by atomic mass is 10.0. The third-order valence-corrected chi connectivity index (χ3v) is 5.43. The summed E-state index contributed by atoms with van der Waals surface area (Å²) >= 11 is 0. The van der Waals surface area contributed by atoms with E-state index in [1.807, 2.05) is 6.07 Å². The minimum absolute atomic E-state index is 0.691. The highest BCUT2D eigenvalue weighted by Crippen LogP contribution is 2.40. The van der Waals surface area contributed by atoms with Crippen LogP contribution in [0, 0.1) is 11.8 Å². The van der Waals surface area contributed by atoms with Gasteiger partial charge in [-0.15, -0.1) is 0 Å². The van der Waals surface area contributed by atoms with Gasteiger partial charge in [-0.05, 0) is 24.7 Å². The van der Waals surface area contributed by atoms with Crippen LogP contribution in [0.4, 0.5) is 5.82 Å². The molecule has 2 aromatic heterocycles. The van der Waals surface area contributed by atoms with Gasteiger partial charge in [-0.2, -0.15) is 0 Å². The van der Waals surface area contributed by atoms with E-state index in [1.54, 1.807) is 12.6 Å². The van der Waals surface area contributed by atoms with Crippen molar-refractivity contribution in [2.24, 2.45) is 11.8 Å². The smallest absolute Gasteiger partial charge is 0.132 e. The maximum Gasteiger partial charge on any atom is 0.132 e. The third-order valence-electron chi connectivity index (χ3n) is 5.43. The van der Waals surface area contributed by atoms with Crippen molar-refractivity contribution in [3.05, 3.63) is 36.1 Å². The lowest BCUT2D eigenvalue weighted by molar-refractivity contribution is 0.295. The molecular weight excluding hydrogens is 290 g/mol. The Kier molecular flexibility index (Phi) is 3.11. The van der Waals surface area contributed by atoms with E-state index in [0.29, 0.717) is 5.92 Å². The summed E-state index contributed by atoms with van der Waals surface area (Å²) in [5.74, 6) is 3.29. The molecule has 6 heteroatoms. The number of anilines is 1. The van der Waals surface area contributed by atoms with E-state index in [9.17, 15) is 0 Å². The number of likely N-dealkylation sites (tertiary alicyclic amines) is 1. The molecule has 4 heterocycles. The second-order valence-electron chi connectivity index (χ2n) is 7.19. The highest BCUT2D eigenvalue weighted by Gasteiger charge is 2.40. The van der Waals surface area contributed by atoms with Crippen molar-refractivity contribution in [1.82, 2.24) is 20.0 Å². The molecule has 0 N–H and O–H groups in total. The summed E-state index contributed by atoms with van der Waals surface area (Å²) in [5.41, 5.74) is 2.27. The standard InChI is InChI=1S/C17H21N5O/c1-2-12(1)16-5-17(19-11-18-16)22-8-13-6-21(7-14(13)9-22)10-15-3-4-23-20-15/h3-5,11-14H,1-2,6-10H2. The minimum Gasteiger partial charge on any atom is -0.364 e. The Balaban J connectivity index is 1.24. The summed E-state index contributed by atoms with van der Waals surface area (Å²) < 4.78 is 4.93. The maximum absolute atomic E-state index is 4.93. The van der Waals surface area contributed by atoms with Crippen LogP contribution in [-0.2, 0) is 6.54 Å². The molecule has 2 aromatic rings. The molecule has 2 unspecified atom stereocenters. The predicted octanol–water partition coefficient (Wildman–Crippen LogP) is 1.91. The fourth-order valence-corrected chi connectivity index (χ4v) is 4.09. The molecule has 0 amide bonds. The Morgan fingerprint density at radius 2 is 1.91 bits per heavy atom. The largest absolute Gasteiger partial charge is 0.364 e. The highest BCUT2D eigenvalue weighted by atomic mass is 16.5. The zero-order chi connectivity index (χ0) is 15.2. The minimum atomic E-state index is 0.691. The first-order chi connectivity index (χ1) is 11.3. The quantitative estimate of drug-likeness (QED) is 0.860. The highest BCUT2D eigenvalue weighted by molar-refractivity contribution is 5.42. The number of hydrogen-bond donors (Lipinski definition) is 0. The summed E-state index contributed by atoms with van der Waals surface area (Å²) in [7, 11) is 0. The molecule has 3 aliphatic rings. The Hall–Kier alpha value is -1.95. The Bertz CT molecular complexity index is 670. The van der Waals surface area contributed by atoms with Crippen molar-refractivity contribution >= 4 is 5.82 Å². The van der Waals surface area contributed by atoms with Gasteiger partial charge in [0.2, 0.25) is 0 Å². The molecule has 3 fully saturated rings. The van der Waals surface area contributed by atoms with E-state index >= 15 is 0 Å². The van der Waals surface area contributed by atoms with Crippen LogP contribution in [0.15, 0.2) is 29.2 Å². The van der Waals surface area contributed by atoms with Gasteiger partial charge < -0.3 is 9.42 Å². The second-order valence-corrected chi connectivity index (χ2v) is 7.19. The molecule has 1 saturated carbocycles. The molecule has 0 bridgehead atoms. The first kappa shape index (κ1) is 13.5. The van der Waals surface area contributed by atoms with Crippen LogP contribution in [0.1, 0.15) is 30.1 Å². The molecule has 2 atom stereocenters. The molecule has 0 spiro atoms. The Labute approximate surface area is 135 Å². The summed E-state index contributed by atoms with van der Waals surface area (Å²) in [4.78, 5) is 13.9. The van der Waals surface area contributed by atoms with Gasteiger partial charge in [-0.25, -0.2) is 9.97 Å². The average Bonchev–Trinajstić information content (AvgIpc) is 2.96. The van der Waals surface area contributed by atoms with Crippen LogP contribution < -0.4 is 4.90 Å². The van der Waals surface area contributed by atoms with Crippen molar-refractivity contribution in [3.8, 4) is 0 Å². The van der Waals surface area contributed by atoms with E-state index < -0.39 is 0 Å². The third kappa shape index (κ3) is 2.61. The monoisotopic (exact) mass is 311 g/mol. The van der Waals surface area contributed by atoms with Crippen LogP contribution in [0.2, 0.25) is 0 Å². The van der Waals surface area contributed by atoms with E-state index in [2.05, 4.69) is 31.0 Å². The topological polar surface area (TPSA) is 58.3 Å². The predicted molar refractivity (Wildman–Crippen MR) is 85.0 cm³/mol. The first-order valence-corrected chi connectivity index (χ1v) is 8.53. The number of nitrogens with zero attached hydrogens (tertiary/aromatic N) is 5. The summed E-state index contributed by atoms with van der Waals surface area (Å²) in [6.45, 7) is 5.42. The number of fused-ring (bicyclic) bond motifs is 1. The average molecular weight is 311 g/mol. The van der Waals surface area contributed by atoms with Crippen LogP contribution >= 0.6 is 0 Å². The van der Waals surface area contributed by atoms with Gasteiger partial charge in [-0.3, -0.25) is 4.90 Å². The van der Waals surface area contributed by atoms with E-state index in [1.165, 1.54) is 18.5 Å². The number of rotatable bonds is 4. The maximum atomic E-state index is 4.93. The molecule has 0 radical (unpaired) electrons. The Morgan fingerprint density at radius 3 is 2.61 bits per heavy atom. The van der Waals surface area contributed by atoms with Gasteiger partial charge in [0.25, 0.3) is 0 Å². The van der Waals surface area contributed by atoms with Crippen LogP contribution in [0.25, 0.3) is 0 Å².